The second kappa shape index (κ2) is 4.20. The maximum absolute atomic E-state index is 11.2. The molecular formula is C14H11N3O2. The number of fused-ring (bicyclic) bond motifs is 1. The molecule has 2 aromatic heterocycles. The molecular weight excluding hydrogens is 242 g/mol. The zero-order chi connectivity index (χ0) is 13.4. The molecule has 0 aliphatic rings. The van der Waals surface area contributed by atoms with E-state index in [0.717, 1.165) is 11.3 Å². The number of pyridine rings is 1. The van der Waals surface area contributed by atoms with Gasteiger partial charge in [-0.1, -0.05) is 12.1 Å². The first-order valence-electron chi connectivity index (χ1n) is 5.81. The van der Waals surface area contributed by atoms with Crippen molar-refractivity contribution in [1.82, 2.24) is 15.0 Å². The van der Waals surface area contributed by atoms with Crippen molar-refractivity contribution < 1.29 is 9.90 Å². The summed E-state index contributed by atoms with van der Waals surface area (Å²) >= 11 is 0. The summed E-state index contributed by atoms with van der Waals surface area (Å²) < 4.78 is 0. The van der Waals surface area contributed by atoms with E-state index in [0.29, 0.717) is 16.9 Å². The van der Waals surface area contributed by atoms with Crippen LogP contribution in [-0.4, -0.2) is 26.0 Å². The van der Waals surface area contributed by atoms with Gasteiger partial charge in [0.05, 0.1) is 11.1 Å². The Hall–Kier alpha value is -2.69. The fourth-order valence-electron chi connectivity index (χ4n) is 2.05. The number of aryl methyl sites for hydroxylation is 1. The molecule has 1 aromatic carbocycles. The van der Waals surface area contributed by atoms with E-state index in [1.807, 2.05) is 19.1 Å². The smallest absolute Gasteiger partial charge is 0.337 e. The van der Waals surface area contributed by atoms with Gasteiger partial charge in [0.25, 0.3) is 0 Å². The molecule has 2 heterocycles. The minimum absolute atomic E-state index is 0.189. The second-order valence-electron chi connectivity index (χ2n) is 4.26. The van der Waals surface area contributed by atoms with E-state index in [9.17, 15) is 4.79 Å². The lowest BCUT2D eigenvalue weighted by molar-refractivity contribution is 0.0699. The lowest BCUT2D eigenvalue weighted by Crippen LogP contribution is -1.96. The van der Waals surface area contributed by atoms with Crippen LogP contribution in [0.2, 0.25) is 0 Å². The topological polar surface area (TPSA) is 78.9 Å². The van der Waals surface area contributed by atoms with Crippen LogP contribution in [0.15, 0.2) is 36.5 Å². The summed E-state index contributed by atoms with van der Waals surface area (Å²) in [6.07, 6.45) is 1.69. The van der Waals surface area contributed by atoms with Gasteiger partial charge in [0.1, 0.15) is 11.2 Å². The van der Waals surface area contributed by atoms with Crippen molar-refractivity contribution in [2.45, 2.75) is 6.92 Å². The fourth-order valence-corrected chi connectivity index (χ4v) is 2.05. The maximum atomic E-state index is 11.2. The van der Waals surface area contributed by atoms with Crippen LogP contribution in [0.25, 0.3) is 22.6 Å². The van der Waals surface area contributed by atoms with Crippen LogP contribution >= 0.6 is 0 Å². The zero-order valence-corrected chi connectivity index (χ0v) is 10.2. The molecule has 0 unspecified atom stereocenters. The number of carbonyl (C=O) groups is 1. The highest BCUT2D eigenvalue weighted by molar-refractivity contribution is 6.01. The van der Waals surface area contributed by atoms with E-state index in [1.165, 1.54) is 0 Å². The van der Waals surface area contributed by atoms with Gasteiger partial charge in [-0.15, -0.1) is 0 Å². The summed E-state index contributed by atoms with van der Waals surface area (Å²) in [6, 6.07) is 8.83. The number of carboxylic acids is 1. The molecule has 0 bridgehead atoms. The summed E-state index contributed by atoms with van der Waals surface area (Å²) in [7, 11) is 0. The lowest BCUT2D eigenvalue weighted by atomic mass is 10.2. The third-order valence-electron chi connectivity index (χ3n) is 2.98. The van der Waals surface area contributed by atoms with Gasteiger partial charge in [-0.25, -0.2) is 9.78 Å². The van der Waals surface area contributed by atoms with Crippen molar-refractivity contribution in [2.75, 3.05) is 0 Å². The second-order valence-corrected chi connectivity index (χ2v) is 4.26. The molecule has 0 atom stereocenters. The third kappa shape index (κ3) is 1.85. The molecule has 0 aliphatic carbocycles. The van der Waals surface area contributed by atoms with Crippen molar-refractivity contribution >= 4 is 17.0 Å². The van der Waals surface area contributed by atoms with Crippen LogP contribution < -0.4 is 0 Å². The Morgan fingerprint density at radius 3 is 2.84 bits per heavy atom. The van der Waals surface area contributed by atoms with Crippen molar-refractivity contribution in [2.24, 2.45) is 0 Å². The average Bonchev–Trinajstić information content (AvgIpc) is 2.82. The number of para-hydroxylation sites is 1. The quantitative estimate of drug-likeness (QED) is 0.735. The van der Waals surface area contributed by atoms with E-state index in [4.69, 9.17) is 5.11 Å². The van der Waals surface area contributed by atoms with Gasteiger partial charge in [0.15, 0.2) is 5.82 Å². The van der Waals surface area contributed by atoms with Gasteiger partial charge < -0.3 is 10.1 Å². The maximum Gasteiger partial charge on any atom is 0.337 e. The summed E-state index contributed by atoms with van der Waals surface area (Å²) in [6.45, 7) is 1.94. The predicted octanol–water partition coefficient (Wildman–Crippen LogP) is 2.63. The highest BCUT2D eigenvalue weighted by Gasteiger charge is 2.14. The molecule has 94 valence electrons. The van der Waals surface area contributed by atoms with Crippen LogP contribution in [0.5, 0.6) is 0 Å². The normalized spacial score (nSPS) is 10.8. The van der Waals surface area contributed by atoms with Crippen LogP contribution in [0.3, 0.4) is 0 Å². The molecule has 0 saturated heterocycles. The zero-order valence-electron chi connectivity index (χ0n) is 10.2. The monoisotopic (exact) mass is 253 g/mol. The average molecular weight is 253 g/mol. The molecule has 3 rings (SSSR count). The number of benzene rings is 1. The number of aromatic nitrogens is 3. The summed E-state index contributed by atoms with van der Waals surface area (Å²) in [5.41, 5.74) is 3.05. The Bertz CT molecular complexity index is 777. The molecule has 5 nitrogen and oxygen atoms in total. The molecule has 0 fully saturated rings. The lowest BCUT2D eigenvalue weighted by Gasteiger charge is -1.98. The van der Waals surface area contributed by atoms with Gasteiger partial charge in [-0.3, -0.25) is 4.98 Å². The van der Waals surface area contributed by atoms with E-state index < -0.39 is 5.97 Å². The summed E-state index contributed by atoms with van der Waals surface area (Å²) in [5, 5.41) is 9.15. The van der Waals surface area contributed by atoms with E-state index in [2.05, 4.69) is 15.0 Å². The van der Waals surface area contributed by atoms with Crippen molar-refractivity contribution in [1.29, 1.82) is 0 Å². The molecule has 5 heteroatoms. The molecule has 0 radical (unpaired) electrons. The summed E-state index contributed by atoms with van der Waals surface area (Å²) in [5.74, 6) is -0.400. The number of hydrogen-bond donors (Lipinski definition) is 2. The SMILES string of the molecule is Cc1cccnc1-c1nc2c(C(=O)O)cccc2[nH]1. The first-order valence-corrected chi connectivity index (χ1v) is 5.81. The highest BCUT2D eigenvalue weighted by Crippen LogP contribution is 2.23. The van der Waals surface area contributed by atoms with Gasteiger partial charge >= 0.3 is 5.97 Å². The molecule has 2 N–H and O–H groups in total. The van der Waals surface area contributed by atoms with Crippen LogP contribution in [0.4, 0.5) is 0 Å². The Balaban J connectivity index is 2.26. The minimum atomic E-state index is -0.985. The van der Waals surface area contributed by atoms with E-state index in [1.54, 1.807) is 24.4 Å². The number of carboxylic acid groups (broad SMARTS) is 1. The molecule has 0 aliphatic heterocycles. The van der Waals surface area contributed by atoms with Crippen LogP contribution in [0, 0.1) is 6.92 Å². The number of aromatic carboxylic acids is 1. The molecule has 19 heavy (non-hydrogen) atoms. The molecule has 3 aromatic rings. The Kier molecular flexibility index (Phi) is 2.52. The Morgan fingerprint density at radius 2 is 2.11 bits per heavy atom. The molecule has 0 amide bonds. The van der Waals surface area contributed by atoms with Gasteiger partial charge in [0.2, 0.25) is 0 Å². The number of imidazole rings is 1. The van der Waals surface area contributed by atoms with Gasteiger partial charge in [-0.2, -0.15) is 0 Å². The van der Waals surface area contributed by atoms with Crippen LogP contribution in [-0.2, 0) is 0 Å². The minimum Gasteiger partial charge on any atom is -0.478 e. The summed E-state index contributed by atoms with van der Waals surface area (Å²) in [4.78, 5) is 22.9. The number of nitrogens with zero attached hydrogens (tertiary/aromatic N) is 2. The number of aromatic amines is 1. The largest absolute Gasteiger partial charge is 0.478 e. The number of hydrogen-bond acceptors (Lipinski definition) is 3. The van der Waals surface area contributed by atoms with Crippen molar-refractivity contribution in [3.63, 3.8) is 0 Å². The highest BCUT2D eigenvalue weighted by atomic mass is 16.4. The number of nitrogens with one attached hydrogen (secondary N) is 1. The number of H-pyrrole nitrogens is 1. The standard InChI is InChI=1S/C14H11N3O2/c1-8-4-3-7-15-11(8)13-16-10-6-2-5-9(14(18)19)12(10)17-13/h2-7H,1H3,(H,16,17)(H,18,19). The van der Waals surface area contributed by atoms with Gasteiger partial charge in [-0.05, 0) is 30.7 Å². The first kappa shape index (κ1) is 11.4. The number of rotatable bonds is 2. The van der Waals surface area contributed by atoms with Crippen molar-refractivity contribution in [3.8, 4) is 11.5 Å². The fraction of sp³-hybridized carbons (Fsp3) is 0.0714. The van der Waals surface area contributed by atoms with Crippen molar-refractivity contribution in [3.05, 3.63) is 47.7 Å². The first-order chi connectivity index (χ1) is 9.16. The van der Waals surface area contributed by atoms with E-state index in [-0.39, 0.29) is 5.56 Å². The Morgan fingerprint density at radius 1 is 1.26 bits per heavy atom. The predicted molar refractivity (Wildman–Crippen MR) is 71.0 cm³/mol. The Labute approximate surface area is 109 Å². The van der Waals surface area contributed by atoms with Gasteiger partial charge in [0, 0.05) is 6.20 Å². The van der Waals surface area contributed by atoms with Crippen LogP contribution in [0.1, 0.15) is 15.9 Å². The molecule has 0 spiro atoms. The third-order valence-corrected chi connectivity index (χ3v) is 2.98. The molecule has 0 saturated carbocycles. The van der Waals surface area contributed by atoms with E-state index >= 15 is 0 Å².